The molecular formula is C56H59ClF6N2O9S2. The van der Waals surface area contributed by atoms with Crippen molar-refractivity contribution in [1.82, 2.24) is 0 Å². The van der Waals surface area contributed by atoms with E-state index in [1.54, 1.807) is 97.6 Å². The minimum absolute atomic E-state index is 0. The summed E-state index contributed by atoms with van der Waals surface area (Å²) in [5.41, 5.74) is 5.50. The topological polar surface area (TPSA) is 141 Å². The summed E-state index contributed by atoms with van der Waals surface area (Å²) in [7, 11) is 0. The third-order valence-electron chi connectivity index (χ3n) is 11.7. The molecule has 0 atom stereocenters. The first-order chi connectivity index (χ1) is 35.9. The lowest BCUT2D eigenvalue weighted by Crippen LogP contribution is -2.28. The lowest BCUT2D eigenvalue weighted by molar-refractivity contribution is -0.144. The van der Waals surface area contributed by atoms with E-state index < -0.39 is 28.1 Å². The zero-order chi connectivity index (χ0) is 54.0. The van der Waals surface area contributed by atoms with Crippen molar-refractivity contribution in [3.05, 3.63) is 140 Å². The fraction of sp³-hybridized carbons (Fsp3) is 0.357. The van der Waals surface area contributed by atoms with Gasteiger partial charge in [-0.3, -0.25) is 19.2 Å². The number of rotatable bonds is 20. The second kappa shape index (κ2) is 29.1. The van der Waals surface area contributed by atoms with Crippen molar-refractivity contribution in [3.63, 3.8) is 0 Å². The summed E-state index contributed by atoms with van der Waals surface area (Å²) in [6.07, 6.45) is -3.79. The summed E-state index contributed by atoms with van der Waals surface area (Å²) >= 11 is 1.44. The molecule has 11 nitrogen and oxygen atoms in total. The molecule has 0 aliphatic carbocycles. The number of fused-ring (bicyclic) bond motifs is 2. The van der Waals surface area contributed by atoms with E-state index in [4.69, 9.17) is 19.3 Å². The van der Waals surface area contributed by atoms with Crippen LogP contribution in [0.2, 0.25) is 0 Å². The van der Waals surface area contributed by atoms with Crippen molar-refractivity contribution < 1.29 is 69.6 Å². The van der Waals surface area contributed by atoms with Crippen LogP contribution in [0.5, 0.6) is 11.5 Å². The van der Waals surface area contributed by atoms with Crippen molar-refractivity contribution in [2.24, 2.45) is 0 Å². The first-order valence-electron chi connectivity index (χ1n) is 24.5. The highest BCUT2D eigenvalue weighted by molar-refractivity contribution is 7.13. The molecule has 20 heteroatoms. The first kappa shape index (κ1) is 60.3. The maximum atomic E-state index is 13.6. The fourth-order valence-corrected chi connectivity index (χ4v) is 10.1. The Morgan fingerprint density at radius 3 is 1.57 bits per heavy atom. The quantitative estimate of drug-likeness (QED) is 0.0431. The zero-order valence-electron chi connectivity index (χ0n) is 41.9. The molecule has 2 aliphatic heterocycles. The van der Waals surface area contributed by atoms with Crippen LogP contribution in [0.1, 0.15) is 95.8 Å². The number of alkyl halides is 6. The number of carboxylic acids is 1. The predicted molar refractivity (Wildman–Crippen MR) is 284 cm³/mol. The molecule has 0 spiro atoms. The standard InChI is InChI=1S/C28H28F3NO4S.C20H16F3NOS.C8H14O4.ClH/c1-2-35-26(34)11-7-6-10-25(33)32-15-14-20-16-21(12-13-24(20)32)36-18-22-17-23(19-8-4-3-5-9-19)27(37-22)28(29,30)31;21-20(22,23)19-17(13-4-2-1-3-5-13)11-16(26-19)12-25-15-6-7-18-14(10-15)8-9-24-18;1-2-12-8(11)6-4-3-5-7(9)10;/h3-5,8-9,12-13,16-17H,2,6-7,10-11,14-15,18H2,1H3;1-7,10-11,24H,8-9,12H2;2-6H2,1H3,(H,9,10);1H. The number of anilines is 2. The Morgan fingerprint density at radius 1 is 0.605 bits per heavy atom. The molecule has 0 fully saturated rings. The average Bonchev–Trinajstić information content (AvgIpc) is 4.22. The molecule has 4 heterocycles. The summed E-state index contributed by atoms with van der Waals surface area (Å²) in [6.45, 7) is 5.85. The van der Waals surface area contributed by atoms with Gasteiger partial charge in [0.2, 0.25) is 5.91 Å². The van der Waals surface area contributed by atoms with E-state index in [1.165, 1.54) is 5.56 Å². The van der Waals surface area contributed by atoms with Gasteiger partial charge in [-0.25, -0.2) is 0 Å². The van der Waals surface area contributed by atoms with Crippen molar-refractivity contribution in [2.75, 3.05) is 36.5 Å². The highest BCUT2D eigenvalue weighted by atomic mass is 35.5. The van der Waals surface area contributed by atoms with E-state index in [9.17, 15) is 45.5 Å². The van der Waals surface area contributed by atoms with Crippen molar-refractivity contribution in [3.8, 4) is 33.8 Å². The third kappa shape index (κ3) is 18.0. The van der Waals surface area contributed by atoms with Crippen LogP contribution < -0.4 is 19.7 Å². The zero-order valence-corrected chi connectivity index (χ0v) is 44.3. The lowest BCUT2D eigenvalue weighted by atomic mass is 10.1. The van der Waals surface area contributed by atoms with Crippen LogP contribution in [0.4, 0.5) is 37.7 Å². The Labute approximate surface area is 451 Å². The number of carbonyl (C=O) groups excluding carboxylic acids is 3. The van der Waals surface area contributed by atoms with Crippen molar-refractivity contribution >= 4 is 70.3 Å². The van der Waals surface area contributed by atoms with Gasteiger partial charge in [0.05, 0.1) is 13.2 Å². The van der Waals surface area contributed by atoms with Crippen molar-refractivity contribution in [1.29, 1.82) is 0 Å². The minimum atomic E-state index is -4.45. The molecule has 2 aromatic heterocycles. The fourth-order valence-electron chi connectivity index (χ4n) is 8.21. The van der Waals surface area contributed by atoms with Gasteiger partial charge in [-0.1, -0.05) is 60.7 Å². The number of carboxylic acid groups (broad SMARTS) is 1. The minimum Gasteiger partial charge on any atom is -0.488 e. The molecule has 0 saturated carbocycles. The van der Waals surface area contributed by atoms with Gasteiger partial charge in [0.15, 0.2) is 0 Å². The molecule has 408 valence electrons. The van der Waals surface area contributed by atoms with E-state index in [0.29, 0.717) is 115 Å². The molecule has 0 radical (unpaired) electrons. The lowest BCUT2D eigenvalue weighted by Gasteiger charge is -2.17. The summed E-state index contributed by atoms with van der Waals surface area (Å²) in [5.74, 6) is -0.0893. The number of unbranched alkanes of at least 4 members (excludes halogenated alkanes) is 2. The highest BCUT2D eigenvalue weighted by Crippen LogP contribution is 2.45. The maximum Gasteiger partial charge on any atom is 0.426 e. The summed E-state index contributed by atoms with van der Waals surface area (Å²) in [6, 6.07) is 31.4. The highest BCUT2D eigenvalue weighted by Gasteiger charge is 2.37. The molecule has 0 bridgehead atoms. The van der Waals surface area contributed by atoms with Crippen LogP contribution in [0.25, 0.3) is 22.3 Å². The van der Waals surface area contributed by atoms with Crippen LogP contribution in [0.3, 0.4) is 0 Å². The number of aliphatic carboxylic acids is 1. The van der Waals surface area contributed by atoms with Crippen LogP contribution in [-0.2, 0) is 67.1 Å². The number of nitrogens with one attached hydrogen (secondary N) is 1. The molecule has 2 N–H and O–H groups in total. The summed E-state index contributed by atoms with van der Waals surface area (Å²) in [5, 5.41) is 11.5. The largest absolute Gasteiger partial charge is 0.488 e. The maximum absolute atomic E-state index is 13.6. The van der Waals surface area contributed by atoms with Crippen LogP contribution in [0, 0.1) is 0 Å². The van der Waals surface area contributed by atoms with Gasteiger partial charge in [0.25, 0.3) is 0 Å². The molecule has 0 saturated heterocycles. The Balaban J connectivity index is 0.000000237. The number of nitrogens with zero attached hydrogens (tertiary/aromatic N) is 1. The van der Waals surface area contributed by atoms with E-state index in [-0.39, 0.29) is 61.0 Å². The van der Waals surface area contributed by atoms with E-state index in [1.807, 2.05) is 30.3 Å². The number of ether oxygens (including phenoxy) is 4. The number of hydrogen-bond acceptors (Lipinski definition) is 11. The molecule has 0 unspecified atom stereocenters. The third-order valence-corrected chi connectivity index (χ3v) is 14.0. The number of esters is 2. The molecule has 8 rings (SSSR count). The van der Waals surface area contributed by atoms with Crippen LogP contribution >= 0.6 is 35.1 Å². The molecule has 2 aliphatic rings. The number of carbonyl (C=O) groups is 4. The van der Waals surface area contributed by atoms with E-state index >= 15 is 0 Å². The SMILES string of the molecule is CCOC(=O)CCCCC(=O)N1CCc2cc(OCc3cc(-c4ccccc4)c(C(F)(F)F)s3)ccc21.CCOC(=O)CCCCC(=O)O.Cl.FC(F)(F)c1sc(COc2ccc3c(c2)CCN3)cc1-c1ccccc1. The molecule has 4 aromatic carbocycles. The molecule has 6 aromatic rings. The monoisotopic (exact) mass is 1120 g/mol. The Hall–Kier alpha value is -6.57. The second-order valence-corrected chi connectivity index (χ2v) is 19.5. The summed E-state index contributed by atoms with van der Waals surface area (Å²) < 4.78 is 102. The van der Waals surface area contributed by atoms with Gasteiger partial charge in [-0.2, -0.15) is 26.3 Å². The summed E-state index contributed by atoms with van der Waals surface area (Å²) in [4.78, 5) is 46.4. The van der Waals surface area contributed by atoms with E-state index in [2.05, 4.69) is 10.1 Å². The number of hydrogen-bond donors (Lipinski definition) is 2. The van der Waals surface area contributed by atoms with Crippen molar-refractivity contribution in [2.45, 2.75) is 104 Å². The molecular weight excluding hydrogens is 1060 g/mol. The van der Waals surface area contributed by atoms with Crippen LogP contribution in [0.15, 0.2) is 109 Å². The number of amides is 1. The normalized spacial score (nSPS) is 12.3. The smallest absolute Gasteiger partial charge is 0.426 e. The Morgan fingerprint density at radius 2 is 1.08 bits per heavy atom. The van der Waals surface area contributed by atoms with Gasteiger partial charge < -0.3 is 34.3 Å². The van der Waals surface area contributed by atoms with Gasteiger partial charge in [-0.15, -0.1) is 35.1 Å². The van der Waals surface area contributed by atoms with Gasteiger partial charge in [0.1, 0.15) is 34.5 Å². The average molecular weight is 1120 g/mol. The number of halogens is 7. The number of thiophene rings is 2. The van der Waals surface area contributed by atoms with Crippen LogP contribution in [-0.4, -0.2) is 55.2 Å². The van der Waals surface area contributed by atoms with Gasteiger partial charge >= 0.3 is 30.3 Å². The van der Waals surface area contributed by atoms with Gasteiger partial charge in [-0.05, 0) is 123 Å². The predicted octanol–water partition coefficient (Wildman–Crippen LogP) is 14.6. The second-order valence-electron chi connectivity index (χ2n) is 17.2. The first-order valence-corrected chi connectivity index (χ1v) is 26.2. The van der Waals surface area contributed by atoms with Gasteiger partial charge in [0, 0.05) is 71.0 Å². The molecule has 76 heavy (non-hydrogen) atoms. The Bertz CT molecular complexity index is 2840. The number of benzene rings is 4. The van der Waals surface area contributed by atoms with E-state index in [0.717, 1.165) is 41.2 Å². The molecule has 1 amide bonds. The Kier molecular flexibility index (Phi) is 23.1.